The largest absolute Gasteiger partial charge is 0.380 e. The van der Waals surface area contributed by atoms with E-state index in [9.17, 15) is 0 Å². The molecule has 0 amide bonds. The number of fused-ring (bicyclic) bond motifs is 1. The van der Waals surface area contributed by atoms with Crippen molar-refractivity contribution < 1.29 is 0 Å². The number of hydrogen-bond acceptors (Lipinski definition) is 2. The highest BCUT2D eigenvalue weighted by atomic mass is 79.9. The SMILES string of the molecule is Clc1ccc(CNc2ccc(Br)cc2Br)c2ncccc12. The highest BCUT2D eigenvalue weighted by Gasteiger charge is 2.06. The molecule has 0 unspecified atom stereocenters. The van der Waals surface area contributed by atoms with Gasteiger partial charge >= 0.3 is 0 Å². The minimum Gasteiger partial charge on any atom is -0.380 e. The predicted molar refractivity (Wildman–Crippen MR) is 95.9 cm³/mol. The molecule has 5 heteroatoms. The Morgan fingerprint density at radius 1 is 1.10 bits per heavy atom. The van der Waals surface area contributed by atoms with Gasteiger partial charge in [-0.2, -0.15) is 0 Å². The summed E-state index contributed by atoms with van der Waals surface area (Å²) in [7, 11) is 0. The lowest BCUT2D eigenvalue weighted by atomic mass is 10.1. The molecule has 0 spiro atoms. The second-order valence-corrected chi connectivity index (χ2v) is 6.76. The van der Waals surface area contributed by atoms with Crippen LogP contribution >= 0.6 is 43.5 Å². The number of nitrogens with one attached hydrogen (secondary N) is 1. The lowest BCUT2D eigenvalue weighted by Crippen LogP contribution is -2.01. The molecule has 0 aliphatic rings. The molecule has 21 heavy (non-hydrogen) atoms. The van der Waals surface area contributed by atoms with Crippen LogP contribution in [0.5, 0.6) is 0 Å². The van der Waals surface area contributed by atoms with Crippen LogP contribution in [0, 0.1) is 0 Å². The Morgan fingerprint density at radius 3 is 2.76 bits per heavy atom. The molecule has 1 N–H and O–H groups in total. The first-order chi connectivity index (χ1) is 10.1. The van der Waals surface area contributed by atoms with Gasteiger partial charge in [-0.1, -0.05) is 33.6 Å². The van der Waals surface area contributed by atoms with Crippen molar-refractivity contribution in [2.75, 3.05) is 5.32 Å². The van der Waals surface area contributed by atoms with Gasteiger partial charge in [0.2, 0.25) is 0 Å². The molecule has 0 aliphatic carbocycles. The van der Waals surface area contributed by atoms with Crippen LogP contribution in [0.3, 0.4) is 0 Å². The number of pyridine rings is 1. The van der Waals surface area contributed by atoms with Gasteiger partial charge in [0.15, 0.2) is 0 Å². The third-order valence-corrected chi connectivity index (χ3v) is 4.68. The first kappa shape index (κ1) is 14.8. The average molecular weight is 427 g/mol. The summed E-state index contributed by atoms with van der Waals surface area (Å²) in [5.74, 6) is 0. The molecule has 1 heterocycles. The Labute approximate surface area is 144 Å². The normalized spacial score (nSPS) is 10.8. The molecule has 0 saturated carbocycles. The van der Waals surface area contributed by atoms with Crippen molar-refractivity contribution in [3.05, 3.63) is 68.2 Å². The number of anilines is 1. The Balaban J connectivity index is 1.90. The zero-order valence-electron chi connectivity index (χ0n) is 10.9. The lowest BCUT2D eigenvalue weighted by molar-refractivity contribution is 1.15. The quantitative estimate of drug-likeness (QED) is 0.553. The minimum absolute atomic E-state index is 0.685. The van der Waals surface area contributed by atoms with Gasteiger partial charge in [0.05, 0.1) is 5.52 Å². The molecule has 0 aliphatic heterocycles. The topological polar surface area (TPSA) is 24.9 Å². The third-order valence-electron chi connectivity index (χ3n) is 3.20. The average Bonchev–Trinajstić information content (AvgIpc) is 2.48. The summed E-state index contributed by atoms with van der Waals surface area (Å²) in [5, 5.41) is 5.13. The Kier molecular flexibility index (Phi) is 4.48. The maximum atomic E-state index is 6.22. The molecular formula is C16H11Br2ClN2. The molecule has 1 aromatic heterocycles. The lowest BCUT2D eigenvalue weighted by Gasteiger charge is -2.11. The van der Waals surface area contributed by atoms with Gasteiger partial charge in [0, 0.05) is 37.8 Å². The number of halogens is 3. The smallest absolute Gasteiger partial charge is 0.0766 e. The number of aromatic nitrogens is 1. The van der Waals surface area contributed by atoms with E-state index in [1.54, 1.807) is 6.20 Å². The van der Waals surface area contributed by atoms with Crippen LogP contribution < -0.4 is 5.32 Å². The van der Waals surface area contributed by atoms with Crippen LogP contribution in [0.1, 0.15) is 5.56 Å². The van der Waals surface area contributed by atoms with Gasteiger partial charge in [0.25, 0.3) is 0 Å². The fourth-order valence-corrected chi connectivity index (χ4v) is 3.57. The first-order valence-corrected chi connectivity index (χ1v) is 8.32. The summed E-state index contributed by atoms with van der Waals surface area (Å²) in [4.78, 5) is 4.45. The van der Waals surface area contributed by atoms with E-state index in [2.05, 4.69) is 42.2 Å². The van der Waals surface area contributed by atoms with Crippen molar-refractivity contribution in [2.24, 2.45) is 0 Å². The predicted octanol–water partition coefficient (Wildman–Crippen LogP) is 6.03. The first-order valence-electron chi connectivity index (χ1n) is 6.36. The van der Waals surface area contributed by atoms with Crippen LogP contribution in [0.15, 0.2) is 57.6 Å². The van der Waals surface area contributed by atoms with E-state index in [0.29, 0.717) is 6.54 Å². The molecule has 0 radical (unpaired) electrons. The standard InChI is InChI=1S/C16H11Br2ClN2/c17-11-4-6-15(13(18)8-11)21-9-10-3-5-14(19)12-2-1-7-20-16(10)12/h1-8,21H,9H2. The summed E-state index contributed by atoms with van der Waals surface area (Å²) in [6.45, 7) is 0.685. The van der Waals surface area contributed by atoms with Gasteiger partial charge in [-0.25, -0.2) is 0 Å². The molecular weight excluding hydrogens is 415 g/mol. The van der Waals surface area contributed by atoms with Crippen LogP contribution in [0.25, 0.3) is 10.9 Å². The molecule has 2 aromatic carbocycles. The van der Waals surface area contributed by atoms with E-state index < -0.39 is 0 Å². The van der Waals surface area contributed by atoms with Gasteiger partial charge in [-0.3, -0.25) is 4.98 Å². The van der Waals surface area contributed by atoms with Crippen molar-refractivity contribution in [2.45, 2.75) is 6.54 Å². The minimum atomic E-state index is 0.685. The van der Waals surface area contributed by atoms with E-state index in [4.69, 9.17) is 11.6 Å². The number of hydrogen-bond donors (Lipinski definition) is 1. The Hall–Kier alpha value is -1.10. The Morgan fingerprint density at radius 2 is 1.95 bits per heavy atom. The van der Waals surface area contributed by atoms with E-state index in [1.807, 2.05) is 42.5 Å². The monoisotopic (exact) mass is 424 g/mol. The Bertz CT molecular complexity index is 805. The number of benzene rings is 2. The van der Waals surface area contributed by atoms with E-state index >= 15 is 0 Å². The van der Waals surface area contributed by atoms with Crippen LogP contribution in [0.4, 0.5) is 5.69 Å². The zero-order chi connectivity index (χ0) is 14.8. The molecule has 3 rings (SSSR count). The molecule has 0 fully saturated rings. The maximum absolute atomic E-state index is 6.22. The van der Waals surface area contributed by atoms with E-state index in [1.165, 1.54) is 0 Å². The number of rotatable bonds is 3. The molecule has 0 bridgehead atoms. The van der Waals surface area contributed by atoms with Crippen molar-refractivity contribution in [1.82, 2.24) is 4.98 Å². The molecule has 0 saturated heterocycles. The van der Waals surface area contributed by atoms with Crippen molar-refractivity contribution in [3.63, 3.8) is 0 Å². The van der Waals surface area contributed by atoms with Crippen molar-refractivity contribution >= 4 is 60.1 Å². The molecule has 106 valence electrons. The fourth-order valence-electron chi connectivity index (χ4n) is 2.16. The molecule has 3 aromatic rings. The molecule has 2 nitrogen and oxygen atoms in total. The number of nitrogens with zero attached hydrogens (tertiary/aromatic N) is 1. The maximum Gasteiger partial charge on any atom is 0.0766 e. The summed E-state index contributed by atoms with van der Waals surface area (Å²) >= 11 is 13.2. The van der Waals surface area contributed by atoms with Gasteiger partial charge in [-0.15, -0.1) is 0 Å². The van der Waals surface area contributed by atoms with Gasteiger partial charge < -0.3 is 5.32 Å². The van der Waals surface area contributed by atoms with E-state index in [-0.39, 0.29) is 0 Å². The van der Waals surface area contributed by atoms with Gasteiger partial charge in [0.1, 0.15) is 0 Å². The summed E-state index contributed by atoms with van der Waals surface area (Å²) in [6, 6.07) is 13.9. The highest BCUT2D eigenvalue weighted by molar-refractivity contribution is 9.11. The second-order valence-electron chi connectivity index (χ2n) is 4.58. The second kappa shape index (κ2) is 6.34. The van der Waals surface area contributed by atoms with Crippen molar-refractivity contribution in [1.29, 1.82) is 0 Å². The highest BCUT2D eigenvalue weighted by Crippen LogP contribution is 2.28. The fraction of sp³-hybridized carbons (Fsp3) is 0.0625. The van der Waals surface area contributed by atoms with E-state index in [0.717, 1.165) is 36.1 Å². The summed E-state index contributed by atoms with van der Waals surface area (Å²) < 4.78 is 2.06. The summed E-state index contributed by atoms with van der Waals surface area (Å²) in [5.41, 5.74) is 3.09. The van der Waals surface area contributed by atoms with Crippen LogP contribution in [0.2, 0.25) is 5.02 Å². The van der Waals surface area contributed by atoms with Gasteiger partial charge in [-0.05, 0) is 57.9 Å². The van der Waals surface area contributed by atoms with Crippen LogP contribution in [-0.2, 0) is 6.54 Å². The molecule has 0 atom stereocenters. The zero-order valence-corrected chi connectivity index (χ0v) is 14.8. The third kappa shape index (κ3) is 3.23. The summed E-state index contributed by atoms with van der Waals surface area (Å²) in [6.07, 6.45) is 1.79. The van der Waals surface area contributed by atoms with Crippen LogP contribution in [-0.4, -0.2) is 4.98 Å². The van der Waals surface area contributed by atoms with Crippen molar-refractivity contribution in [3.8, 4) is 0 Å².